The number of rotatable bonds is 7. The molecule has 1 heterocycles. The molecule has 0 saturated carbocycles. The summed E-state index contributed by atoms with van der Waals surface area (Å²) < 4.78 is 5.20. The lowest BCUT2D eigenvalue weighted by atomic mass is 10.0. The molecule has 5 nitrogen and oxygen atoms in total. The lowest BCUT2D eigenvalue weighted by Crippen LogP contribution is -2.33. The zero-order chi connectivity index (χ0) is 17.2. The van der Waals surface area contributed by atoms with Gasteiger partial charge in [0.05, 0.1) is 25.2 Å². The normalized spacial score (nSPS) is 17.5. The summed E-state index contributed by atoms with van der Waals surface area (Å²) in [6.07, 6.45) is 2.27. The zero-order valence-electron chi connectivity index (χ0n) is 14.4. The van der Waals surface area contributed by atoms with Crippen LogP contribution in [0.3, 0.4) is 0 Å². The number of hydrogen-bond donors (Lipinski definition) is 0. The first kappa shape index (κ1) is 18.3. The van der Waals surface area contributed by atoms with Crippen molar-refractivity contribution < 1.29 is 4.74 Å². The van der Waals surface area contributed by atoms with Crippen LogP contribution in [0, 0.1) is 28.6 Å². The van der Waals surface area contributed by atoms with Gasteiger partial charge in [-0.1, -0.05) is 12.1 Å². The van der Waals surface area contributed by atoms with Crippen LogP contribution < -0.4 is 4.74 Å². The fraction of sp³-hybridized carbons (Fsp3) is 0.579. The van der Waals surface area contributed by atoms with Crippen molar-refractivity contribution in [1.29, 1.82) is 10.5 Å². The van der Waals surface area contributed by atoms with Gasteiger partial charge in [0.15, 0.2) is 0 Å². The van der Waals surface area contributed by atoms with E-state index >= 15 is 0 Å². The fourth-order valence-electron chi connectivity index (χ4n) is 3.10. The third-order valence-electron chi connectivity index (χ3n) is 4.51. The number of benzene rings is 1. The van der Waals surface area contributed by atoms with Crippen molar-refractivity contribution in [3.05, 3.63) is 29.8 Å². The Labute approximate surface area is 145 Å². The minimum atomic E-state index is -0.0298. The van der Waals surface area contributed by atoms with Gasteiger partial charge in [-0.05, 0) is 43.6 Å². The Hall–Kier alpha value is -2.08. The maximum absolute atomic E-state index is 9.24. The van der Waals surface area contributed by atoms with Crippen LogP contribution in [0.4, 0.5) is 0 Å². The number of nitrogens with zero attached hydrogens (tertiary/aromatic N) is 4. The Balaban J connectivity index is 1.81. The molecule has 0 amide bonds. The first-order valence-electron chi connectivity index (χ1n) is 8.59. The van der Waals surface area contributed by atoms with E-state index in [4.69, 9.17) is 10.00 Å². The van der Waals surface area contributed by atoms with Gasteiger partial charge in [-0.25, -0.2) is 0 Å². The highest BCUT2D eigenvalue weighted by Crippen LogP contribution is 2.15. The molecular formula is C19H26N4O. The van der Waals surface area contributed by atoms with Crippen LogP contribution in [-0.4, -0.2) is 49.6 Å². The summed E-state index contributed by atoms with van der Waals surface area (Å²) in [5.74, 6) is 0.860. The third-order valence-corrected chi connectivity index (χ3v) is 4.51. The Kier molecular flexibility index (Phi) is 7.55. The average Bonchev–Trinajstić information content (AvgIpc) is 2.84. The number of hydrogen-bond acceptors (Lipinski definition) is 5. The minimum absolute atomic E-state index is 0.0298. The summed E-state index contributed by atoms with van der Waals surface area (Å²) in [5, 5.41) is 17.9. The molecule has 1 aromatic rings. The van der Waals surface area contributed by atoms with Gasteiger partial charge in [0.2, 0.25) is 0 Å². The van der Waals surface area contributed by atoms with Gasteiger partial charge in [-0.2, -0.15) is 10.5 Å². The minimum Gasteiger partial charge on any atom is -0.497 e. The molecule has 0 unspecified atom stereocenters. The van der Waals surface area contributed by atoms with Gasteiger partial charge in [0.25, 0.3) is 0 Å². The SMILES string of the molecule is COc1ccc(CN2CCCN(C[C@@H](C#N)CCC#N)CC2)cc1. The van der Waals surface area contributed by atoms with Gasteiger partial charge in [-0.15, -0.1) is 0 Å². The van der Waals surface area contributed by atoms with Crippen LogP contribution in [0.1, 0.15) is 24.8 Å². The number of methoxy groups -OCH3 is 1. The van der Waals surface area contributed by atoms with Crippen LogP contribution in [0.5, 0.6) is 5.75 Å². The standard InChI is InChI=1S/C19H26N4O/c1-24-19-7-5-17(6-8-19)15-22-10-3-11-23(13-12-22)16-18(14-21)4-2-9-20/h5-8,18H,2-4,10-13,15-16H2,1H3/t18-/m1/s1. The summed E-state index contributed by atoms with van der Waals surface area (Å²) in [7, 11) is 1.68. The second-order valence-corrected chi connectivity index (χ2v) is 6.30. The second-order valence-electron chi connectivity index (χ2n) is 6.30. The van der Waals surface area contributed by atoms with Gasteiger partial charge < -0.3 is 9.64 Å². The Bertz CT molecular complexity index is 573. The molecule has 2 rings (SSSR count). The van der Waals surface area contributed by atoms with Gasteiger partial charge in [0.1, 0.15) is 5.75 Å². The molecule has 1 atom stereocenters. The van der Waals surface area contributed by atoms with Gasteiger partial charge in [0, 0.05) is 32.6 Å². The molecule has 1 saturated heterocycles. The molecule has 24 heavy (non-hydrogen) atoms. The predicted octanol–water partition coefficient (Wildman–Crippen LogP) is 2.65. The molecule has 5 heteroatoms. The Morgan fingerprint density at radius 2 is 1.79 bits per heavy atom. The smallest absolute Gasteiger partial charge is 0.118 e. The molecule has 0 N–H and O–H groups in total. The predicted molar refractivity (Wildman–Crippen MR) is 93.3 cm³/mol. The molecule has 1 aromatic carbocycles. The van der Waals surface area contributed by atoms with Crippen molar-refractivity contribution in [3.63, 3.8) is 0 Å². The molecule has 0 radical (unpaired) electrons. The highest BCUT2D eigenvalue weighted by atomic mass is 16.5. The summed E-state index contributed by atoms with van der Waals surface area (Å²) in [5.41, 5.74) is 1.30. The average molecular weight is 326 g/mol. The summed E-state index contributed by atoms with van der Waals surface area (Å²) in [6, 6.07) is 12.7. The first-order chi connectivity index (χ1) is 11.7. The maximum Gasteiger partial charge on any atom is 0.118 e. The zero-order valence-corrected chi connectivity index (χ0v) is 14.4. The van der Waals surface area contributed by atoms with E-state index in [0.717, 1.165) is 51.4 Å². The lowest BCUT2D eigenvalue weighted by molar-refractivity contribution is 0.236. The third kappa shape index (κ3) is 5.85. The molecule has 0 bridgehead atoms. The summed E-state index contributed by atoms with van der Waals surface area (Å²) in [4.78, 5) is 4.84. The quantitative estimate of drug-likeness (QED) is 0.771. The van der Waals surface area contributed by atoms with Crippen LogP contribution in [0.2, 0.25) is 0 Å². The van der Waals surface area contributed by atoms with E-state index in [1.54, 1.807) is 7.11 Å². The van der Waals surface area contributed by atoms with Gasteiger partial charge >= 0.3 is 0 Å². The van der Waals surface area contributed by atoms with Crippen molar-refractivity contribution in [3.8, 4) is 17.9 Å². The Morgan fingerprint density at radius 3 is 2.46 bits per heavy atom. The summed E-state index contributed by atoms with van der Waals surface area (Å²) >= 11 is 0. The van der Waals surface area contributed by atoms with Gasteiger partial charge in [-0.3, -0.25) is 4.90 Å². The van der Waals surface area contributed by atoms with Crippen molar-refractivity contribution in [2.45, 2.75) is 25.8 Å². The van der Waals surface area contributed by atoms with E-state index < -0.39 is 0 Å². The largest absolute Gasteiger partial charge is 0.497 e. The van der Waals surface area contributed by atoms with E-state index in [2.05, 4.69) is 34.1 Å². The van der Waals surface area contributed by atoms with Crippen molar-refractivity contribution in [2.24, 2.45) is 5.92 Å². The van der Waals surface area contributed by atoms with Crippen molar-refractivity contribution in [1.82, 2.24) is 9.80 Å². The second kappa shape index (κ2) is 9.93. The topological polar surface area (TPSA) is 63.3 Å². The number of nitriles is 2. The molecular weight excluding hydrogens is 300 g/mol. The van der Waals surface area contributed by atoms with Crippen LogP contribution in [0.15, 0.2) is 24.3 Å². The van der Waals surface area contributed by atoms with Crippen molar-refractivity contribution >= 4 is 0 Å². The van der Waals surface area contributed by atoms with Crippen LogP contribution in [0.25, 0.3) is 0 Å². The monoisotopic (exact) mass is 326 g/mol. The van der Waals surface area contributed by atoms with Crippen LogP contribution >= 0.6 is 0 Å². The fourth-order valence-corrected chi connectivity index (χ4v) is 3.10. The van der Waals surface area contributed by atoms with E-state index in [1.807, 2.05) is 12.1 Å². The van der Waals surface area contributed by atoms with E-state index in [1.165, 1.54) is 5.56 Å². The molecule has 0 spiro atoms. The highest BCUT2D eigenvalue weighted by molar-refractivity contribution is 5.27. The van der Waals surface area contributed by atoms with E-state index in [0.29, 0.717) is 12.8 Å². The molecule has 1 fully saturated rings. The molecule has 1 aliphatic rings. The van der Waals surface area contributed by atoms with Crippen molar-refractivity contribution in [2.75, 3.05) is 39.8 Å². The van der Waals surface area contributed by atoms with Crippen LogP contribution in [-0.2, 0) is 6.54 Å². The highest BCUT2D eigenvalue weighted by Gasteiger charge is 2.18. The maximum atomic E-state index is 9.24. The molecule has 128 valence electrons. The Morgan fingerprint density at radius 1 is 1.08 bits per heavy atom. The molecule has 0 aliphatic carbocycles. The lowest BCUT2D eigenvalue weighted by Gasteiger charge is -2.23. The van der Waals surface area contributed by atoms with E-state index in [9.17, 15) is 5.26 Å². The first-order valence-corrected chi connectivity index (χ1v) is 8.59. The molecule has 1 aliphatic heterocycles. The van der Waals surface area contributed by atoms with E-state index in [-0.39, 0.29) is 5.92 Å². The summed E-state index contributed by atoms with van der Waals surface area (Å²) in [6.45, 7) is 5.85. The molecule has 0 aromatic heterocycles. The number of ether oxygens (including phenoxy) is 1.